The van der Waals surface area contributed by atoms with E-state index in [1.807, 2.05) is 13.8 Å². The van der Waals surface area contributed by atoms with Gasteiger partial charge in [-0.05, 0) is 26.3 Å². The fourth-order valence-corrected chi connectivity index (χ4v) is 2.47. The lowest BCUT2D eigenvalue weighted by Crippen LogP contribution is -2.62. The zero-order chi connectivity index (χ0) is 15.1. The second-order valence-electron chi connectivity index (χ2n) is 5.15. The van der Waals surface area contributed by atoms with Crippen molar-refractivity contribution in [3.05, 3.63) is 0 Å². The third kappa shape index (κ3) is 4.59. The number of amidine groups is 1. The summed E-state index contributed by atoms with van der Waals surface area (Å²) in [6.45, 7) is 7.61. The Kier molecular flexibility index (Phi) is 6.64. The van der Waals surface area contributed by atoms with E-state index in [4.69, 9.17) is 5.73 Å². The van der Waals surface area contributed by atoms with Crippen molar-refractivity contribution in [1.82, 2.24) is 10.2 Å². The molecule has 0 aromatic carbocycles. The molecule has 2 atom stereocenters. The summed E-state index contributed by atoms with van der Waals surface area (Å²) in [4.78, 5) is 30.1. The Morgan fingerprint density at radius 1 is 1.50 bits per heavy atom. The first-order valence-electron chi connectivity index (χ1n) is 7.33. The van der Waals surface area contributed by atoms with Gasteiger partial charge in [-0.1, -0.05) is 13.8 Å². The lowest BCUT2D eigenvalue weighted by Gasteiger charge is -2.38. The maximum absolute atomic E-state index is 12.2. The standard InChI is InChI=1S/C14H26N4O2/c1-4-13(19)11-9-18(5-2)12(14(20)17-11)7-6-8-16-10(3)15/h11-12H,4-9H2,1-3H3,(H2,15,16)(H,17,20). The third-order valence-electron chi connectivity index (χ3n) is 3.62. The maximum atomic E-state index is 12.2. The molecule has 0 saturated carbocycles. The molecule has 1 fully saturated rings. The zero-order valence-electron chi connectivity index (χ0n) is 12.7. The van der Waals surface area contributed by atoms with E-state index in [0.29, 0.717) is 25.3 Å². The van der Waals surface area contributed by atoms with Crippen molar-refractivity contribution in [3.63, 3.8) is 0 Å². The molecule has 0 radical (unpaired) electrons. The number of aliphatic imine (C=N–C) groups is 1. The van der Waals surface area contributed by atoms with Crippen LogP contribution < -0.4 is 11.1 Å². The molecular formula is C14H26N4O2. The molecule has 1 aliphatic heterocycles. The SMILES string of the molecule is CCC(=O)C1CN(CC)C(CCCN=C(C)N)C(=O)N1. The molecular weight excluding hydrogens is 256 g/mol. The average molecular weight is 282 g/mol. The topological polar surface area (TPSA) is 87.8 Å². The van der Waals surface area contributed by atoms with Crippen LogP contribution in [0, 0.1) is 0 Å². The molecule has 114 valence electrons. The number of carbonyl (C=O) groups excluding carboxylic acids is 2. The van der Waals surface area contributed by atoms with Gasteiger partial charge in [0.05, 0.1) is 11.9 Å². The van der Waals surface area contributed by atoms with Crippen LogP contribution in [0.4, 0.5) is 0 Å². The molecule has 6 heteroatoms. The molecule has 2 unspecified atom stereocenters. The average Bonchev–Trinajstić information content (AvgIpc) is 2.42. The third-order valence-corrected chi connectivity index (χ3v) is 3.62. The van der Waals surface area contributed by atoms with Gasteiger partial charge in [-0.15, -0.1) is 0 Å². The molecule has 1 amide bonds. The summed E-state index contributed by atoms with van der Waals surface area (Å²) in [6.07, 6.45) is 2.01. The Hall–Kier alpha value is -1.43. The summed E-state index contributed by atoms with van der Waals surface area (Å²) >= 11 is 0. The van der Waals surface area contributed by atoms with Gasteiger partial charge in [0.1, 0.15) is 6.04 Å². The van der Waals surface area contributed by atoms with Crippen LogP contribution in [0.1, 0.15) is 40.0 Å². The minimum Gasteiger partial charge on any atom is -0.388 e. The smallest absolute Gasteiger partial charge is 0.237 e. The highest BCUT2D eigenvalue weighted by Gasteiger charge is 2.35. The van der Waals surface area contributed by atoms with Gasteiger partial charge in [0.25, 0.3) is 0 Å². The Labute approximate surface area is 120 Å². The van der Waals surface area contributed by atoms with Crippen LogP contribution in [0.5, 0.6) is 0 Å². The lowest BCUT2D eigenvalue weighted by molar-refractivity contribution is -0.136. The van der Waals surface area contributed by atoms with E-state index in [1.54, 1.807) is 6.92 Å². The van der Waals surface area contributed by atoms with E-state index in [2.05, 4.69) is 15.2 Å². The Morgan fingerprint density at radius 2 is 2.20 bits per heavy atom. The minimum absolute atomic E-state index is 0.0432. The quantitative estimate of drug-likeness (QED) is 0.400. The molecule has 3 N–H and O–H groups in total. The first-order valence-corrected chi connectivity index (χ1v) is 7.33. The van der Waals surface area contributed by atoms with Gasteiger partial charge in [-0.25, -0.2) is 0 Å². The molecule has 0 aliphatic carbocycles. The molecule has 0 spiro atoms. The Balaban J connectivity index is 2.56. The summed E-state index contributed by atoms with van der Waals surface area (Å²) in [7, 11) is 0. The van der Waals surface area contributed by atoms with Crippen molar-refractivity contribution >= 4 is 17.5 Å². The van der Waals surface area contributed by atoms with Crippen molar-refractivity contribution in [2.45, 2.75) is 52.1 Å². The summed E-state index contributed by atoms with van der Waals surface area (Å²) in [5, 5.41) is 2.84. The van der Waals surface area contributed by atoms with Crippen LogP contribution in [0.3, 0.4) is 0 Å². The van der Waals surface area contributed by atoms with Gasteiger partial charge in [-0.3, -0.25) is 19.5 Å². The predicted molar refractivity (Wildman–Crippen MR) is 79.7 cm³/mol. The number of rotatable bonds is 7. The number of hydrogen-bond acceptors (Lipinski definition) is 4. The number of amides is 1. The number of nitrogens with two attached hydrogens (primary N) is 1. The summed E-state index contributed by atoms with van der Waals surface area (Å²) in [5.74, 6) is 0.621. The lowest BCUT2D eigenvalue weighted by atomic mass is 10.0. The predicted octanol–water partition coefficient (Wildman–Crippen LogP) is 0.312. The van der Waals surface area contributed by atoms with E-state index in [9.17, 15) is 9.59 Å². The fourth-order valence-electron chi connectivity index (χ4n) is 2.47. The van der Waals surface area contributed by atoms with Crippen molar-refractivity contribution in [3.8, 4) is 0 Å². The zero-order valence-corrected chi connectivity index (χ0v) is 12.7. The van der Waals surface area contributed by atoms with Gasteiger partial charge in [-0.2, -0.15) is 0 Å². The number of hydrogen-bond donors (Lipinski definition) is 2. The number of Topliss-reactive ketones (excluding diaryl/α,β-unsaturated/α-hetero) is 1. The van der Waals surface area contributed by atoms with E-state index >= 15 is 0 Å². The van der Waals surface area contributed by atoms with Gasteiger partial charge in [0.2, 0.25) is 5.91 Å². The van der Waals surface area contributed by atoms with Gasteiger partial charge in [0.15, 0.2) is 5.78 Å². The van der Waals surface area contributed by atoms with Crippen LogP contribution in [0.25, 0.3) is 0 Å². The number of likely N-dealkylation sites (N-methyl/N-ethyl adjacent to an activating group) is 1. The van der Waals surface area contributed by atoms with Gasteiger partial charge >= 0.3 is 0 Å². The number of carbonyl (C=O) groups is 2. The first kappa shape index (κ1) is 16.6. The molecule has 1 aliphatic rings. The minimum atomic E-state index is -0.354. The largest absolute Gasteiger partial charge is 0.388 e. The summed E-state index contributed by atoms with van der Waals surface area (Å²) in [6, 6.07) is -0.512. The molecule has 20 heavy (non-hydrogen) atoms. The van der Waals surface area contributed by atoms with Crippen molar-refractivity contribution in [1.29, 1.82) is 0 Å². The summed E-state index contributed by atoms with van der Waals surface area (Å²) in [5.41, 5.74) is 5.48. The number of nitrogens with one attached hydrogen (secondary N) is 1. The monoisotopic (exact) mass is 282 g/mol. The molecule has 0 bridgehead atoms. The van der Waals surface area contributed by atoms with E-state index in [0.717, 1.165) is 19.4 Å². The number of ketones is 1. The highest BCUT2D eigenvalue weighted by Crippen LogP contribution is 2.14. The molecule has 0 aromatic heterocycles. The second kappa shape index (κ2) is 7.99. The number of piperazine rings is 1. The molecule has 1 heterocycles. The maximum Gasteiger partial charge on any atom is 0.237 e. The number of nitrogens with zero attached hydrogens (tertiary/aromatic N) is 2. The van der Waals surface area contributed by atoms with Crippen LogP contribution in [-0.4, -0.2) is 54.1 Å². The Bertz CT molecular complexity index is 377. The molecule has 1 saturated heterocycles. The fraction of sp³-hybridized carbons (Fsp3) is 0.786. The van der Waals surface area contributed by atoms with E-state index in [1.165, 1.54) is 0 Å². The van der Waals surface area contributed by atoms with Crippen molar-refractivity contribution < 1.29 is 9.59 Å². The van der Waals surface area contributed by atoms with Crippen LogP contribution in [0.2, 0.25) is 0 Å². The normalized spacial score (nSPS) is 24.6. The van der Waals surface area contributed by atoms with Gasteiger partial charge in [0, 0.05) is 19.5 Å². The highest BCUT2D eigenvalue weighted by atomic mass is 16.2. The van der Waals surface area contributed by atoms with E-state index < -0.39 is 0 Å². The van der Waals surface area contributed by atoms with Crippen molar-refractivity contribution in [2.75, 3.05) is 19.6 Å². The molecule has 6 nitrogen and oxygen atoms in total. The highest BCUT2D eigenvalue weighted by molar-refractivity contribution is 5.92. The second-order valence-corrected chi connectivity index (χ2v) is 5.15. The van der Waals surface area contributed by atoms with Gasteiger partial charge < -0.3 is 11.1 Å². The van der Waals surface area contributed by atoms with Crippen LogP contribution in [0.15, 0.2) is 4.99 Å². The van der Waals surface area contributed by atoms with Crippen LogP contribution in [-0.2, 0) is 9.59 Å². The molecule has 1 rings (SSSR count). The van der Waals surface area contributed by atoms with E-state index in [-0.39, 0.29) is 23.8 Å². The van der Waals surface area contributed by atoms with Crippen LogP contribution >= 0.6 is 0 Å². The summed E-state index contributed by atoms with van der Waals surface area (Å²) < 4.78 is 0. The van der Waals surface area contributed by atoms with Crippen molar-refractivity contribution in [2.24, 2.45) is 10.7 Å². The molecule has 0 aromatic rings. The first-order chi connectivity index (χ1) is 9.49. The Morgan fingerprint density at radius 3 is 2.75 bits per heavy atom.